The van der Waals surface area contributed by atoms with Crippen molar-refractivity contribution in [3.8, 4) is 0 Å². The van der Waals surface area contributed by atoms with E-state index in [2.05, 4.69) is 53.4 Å². The number of hydrogen-bond acceptors (Lipinski definition) is 4. The summed E-state index contributed by atoms with van der Waals surface area (Å²) in [7, 11) is -0.578. The maximum absolute atomic E-state index is 6.20. The Bertz CT molecular complexity index is 642. The fourth-order valence-electron chi connectivity index (χ4n) is 3.49. The van der Waals surface area contributed by atoms with E-state index in [1.165, 1.54) is 5.56 Å². The molecule has 5 heteroatoms. The van der Waals surface area contributed by atoms with Crippen LogP contribution in [-0.2, 0) is 6.42 Å². The molecule has 0 fully saturated rings. The summed E-state index contributed by atoms with van der Waals surface area (Å²) in [5.74, 6) is 1.38. The average molecular weight is 297 g/mol. The maximum Gasteiger partial charge on any atom is 0.222 e. The van der Waals surface area contributed by atoms with E-state index >= 15 is 0 Å². The van der Waals surface area contributed by atoms with Gasteiger partial charge in [-0.25, -0.2) is 4.98 Å². The van der Waals surface area contributed by atoms with Gasteiger partial charge in [0.2, 0.25) is 5.95 Å². The molecule has 1 heterocycles. The van der Waals surface area contributed by atoms with E-state index in [1.807, 2.05) is 0 Å². The number of aromatic nitrogens is 2. The quantitative estimate of drug-likeness (QED) is 0.836. The van der Waals surface area contributed by atoms with Crippen molar-refractivity contribution >= 4 is 20.6 Å². The van der Waals surface area contributed by atoms with Crippen LogP contribution in [0.3, 0.4) is 0 Å². The van der Waals surface area contributed by atoms with Crippen LogP contribution < -0.4 is 11.5 Å². The first kappa shape index (κ1) is 14.1. The van der Waals surface area contributed by atoms with Gasteiger partial charge in [0.25, 0.3) is 0 Å². The van der Waals surface area contributed by atoms with Crippen molar-refractivity contribution in [3.05, 3.63) is 47.2 Å². The lowest BCUT2D eigenvalue weighted by Crippen LogP contribution is -2.31. The van der Waals surface area contributed by atoms with Gasteiger partial charge in [0, 0.05) is 5.56 Å². The molecule has 1 radical (unpaired) electrons. The Morgan fingerprint density at radius 3 is 2.48 bits per heavy atom. The van der Waals surface area contributed by atoms with Gasteiger partial charge < -0.3 is 11.5 Å². The van der Waals surface area contributed by atoms with Crippen molar-refractivity contribution in [2.75, 3.05) is 11.5 Å². The van der Waals surface area contributed by atoms with E-state index in [4.69, 9.17) is 11.5 Å². The molecule has 4 N–H and O–H groups in total. The number of rotatable bonds is 2. The Kier molecular flexibility index (Phi) is 3.67. The third kappa shape index (κ3) is 2.53. The molecule has 0 spiro atoms. The lowest BCUT2D eigenvalue weighted by atomic mass is 9.81. The predicted molar refractivity (Wildman–Crippen MR) is 88.6 cm³/mol. The molecule has 0 aliphatic heterocycles. The Labute approximate surface area is 127 Å². The highest BCUT2D eigenvalue weighted by molar-refractivity contribution is 6.58. The van der Waals surface area contributed by atoms with Crippen LogP contribution in [0.5, 0.6) is 0 Å². The van der Waals surface area contributed by atoms with Crippen LogP contribution in [0.2, 0.25) is 13.1 Å². The van der Waals surface area contributed by atoms with Crippen molar-refractivity contribution in [1.29, 1.82) is 0 Å². The second-order valence-electron chi connectivity index (χ2n) is 5.94. The molecule has 21 heavy (non-hydrogen) atoms. The van der Waals surface area contributed by atoms with E-state index in [0.717, 1.165) is 24.1 Å². The van der Waals surface area contributed by atoms with Crippen LogP contribution in [0.4, 0.5) is 11.8 Å². The Hall–Kier alpha value is -1.88. The standard InChI is InChI=1S/C16H21N4Si/c1-21(2)14-11(10-6-4-3-5-7-10)8-9-12-13(14)15(17)20-16(18)19-12/h3-7,11,14H,8-9H2,1-2H3,(H4,17,18,19,20). The fraction of sp³-hybridized carbons (Fsp3) is 0.375. The molecule has 0 bridgehead atoms. The highest BCUT2D eigenvalue weighted by atomic mass is 28.3. The van der Waals surface area contributed by atoms with Gasteiger partial charge in [-0.15, -0.1) is 0 Å². The molecule has 2 aromatic rings. The molecular weight excluding hydrogens is 276 g/mol. The summed E-state index contributed by atoms with van der Waals surface area (Å²) in [5.41, 5.74) is 16.0. The van der Waals surface area contributed by atoms with Crippen LogP contribution in [0.25, 0.3) is 0 Å². The minimum Gasteiger partial charge on any atom is -0.383 e. The van der Waals surface area contributed by atoms with Gasteiger partial charge in [0.05, 0.1) is 14.5 Å². The van der Waals surface area contributed by atoms with Crippen molar-refractivity contribution < 1.29 is 0 Å². The number of hydrogen-bond donors (Lipinski definition) is 2. The Morgan fingerprint density at radius 2 is 1.81 bits per heavy atom. The third-order valence-corrected chi connectivity index (χ3v) is 6.26. The number of nitrogen functional groups attached to an aromatic ring is 2. The molecule has 2 unspecified atom stereocenters. The summed E-state index contributed by atoms with van der Waals surface area (Å²) >= 11 is 0. The van der Waals surface area contributed by atoms with Crippen LogP contribution in [0.15, 0.2) is 30.3 Å². The normalized spacial score (nSPS) is 21.3. The summed E-state index contributed by atoms with van der Waals surface area (Å²) in [6, 6.07) is 10.7. The minimum absolute atomic E-state index is 0.295. The minimum atomic E-state index is -0.578. The highest BCUT2D eigenvalue weighted by Crippen LogP contribution is 2.45. The van der Waals surface area contributed by atoms with Crippen LogP contribution in [-0.4, -0.2) is 18.8 Å². The van der Waals surface area contributed by atoms with Crippen LogP contribution >= 0.6 is 0 Å². The van der Waals surface area contributed by atoms with E-state index in [-0.39, 0.29) is 0 Å². The average Bonchev–Trinajstić information content (AvgIpc) is 2.46. The number of nitrogens with two attached hydrogens (primary N) is 2. The van der Waals surface area contributed by atoms with Gasteiger partial charge in [-0.2, -0.15) is 4.98 Å². The monoisotopic (exact) mass is 297 g/mol. The van der Waals surface area contributed by atoms with E-state index in [0.29, 0.717) is 23.2 Å². The molecule has 1 aliphatic carbocycles. The molecule has 0 amide bonds. The summed E-state index contributed by atoms with van der Waals surface area (Å²) in [5, 5.41) is 0. The largest absolute Gasteiger partial charge is 0.383 e. The number of benzene rings is 1. The first-order chi connectivity index (χ1) is 10.1. The van der Waals surface area contributed by atoms with Gasteiger partial charge in [0.15, 0.2) is 0 Å². The summed E-state index contributed by atoms with van der Waals surface area (Å²) < 4.78 is 0. The molecular formula is C16H21N4Si. The van der Waals surface area contributed by atoms with E-state index < -0.39 is 8.80 Å². The first-order valence-corrected chi connectivity index (χ1v) is 9.92. The molecule has 1 aromatic carbocycles. The zero-order chi connectivity index (χ0) is 15.0. The molecule has 4 nitrogen and oxygen atoms in total. The number of fused-ring (bicyclic) bond motifs is 1. The maximum atomic E-state index is 6.20. The lowest BCUT2D eigenvalue weighted by Gasteiger charge is -2.36. The summed E-state index contributed by atoms with van der Waals surface area (Å²) in [4.78, 5) is 8.65. The highest BCUT2D eigenvalue weighted by Gasteiger charge is 2.36. The van der Waals surface area contributed by atoms with Crippen molar-refractivity contribution in [2.24, 2.45) is 0 Å². The van der Waals surface area contributed by atoms with Crippen LogP contribution in [0, 0.1) is 0 Å². The van der Waals surface area contributed by atoms with E-state index in [9.17, 15) is 0 Å². The fourth-order valence-corrected chi connectivity index (χ4v) is 5.55. The lowest BCUT2D eigenvalue weighted by molar-refractivity contribution is 0.550. The van der Waals surface area contributed by atoms with Gasteiger partial charge in [-0.05, 0) is 29.9 Å². The van der Waals surface area contributed by atoms with Gasteiger partial charge in [0.1, 0.15) is 5.82 Å². The molecule has 1 aliphatic rings. The smallest absolute Gasteiger partial charge is 0.222 e. The van der Waals surface area contributed by atoms with Crippen molar-refractivity contribution in [2.45, 2.75) is 37.4 Å². The van der Waals surface area contributed by atoms with Crippen molar-refractivity contribution in [1.82, 2.24) is 9.97 Å². The van der Waals surface area contributed by atoms with E-state index in [1.54, 1.807) is 0 Å². The van der Waals surface area contributed by atoms with Gasteiger partial charge in [-0.1, -0.05) is 43.4 Å². The number of aryl methyl sites for hydroxylation is 1. The Morgan fingerprint density at radius 1 is 1.10 bits per heavy atom. The molecule has 3 rings (SSSR count). The van der Waals surface area contributed by atoms with Crippen LogP contribution in [0.1, 0.15) is 34.7 Å². The summed E-state index contributed by atoms with van der Waals surface area (Å²) in [6.45, 7) is 4.69. The molecule has 109 valence electrons. The van der Waals surface area contributed by atoms with Gasteiger partial charge >= 0.3 is 0 Å². The zero-order valence-corrected chi connectivity index (χ0v) is 13.5. The van der Waals surface area contributed by atoms with Crippen molar-refractivity contribution in [3.63, 3.8) is 0 Å². The second kappa shape index (κ2) is 5.48. The third-order valence-electron chi connectivity index (χ3n) is 4.33. The number of anilines is 2. The topological polar surface area (TPSA) is 77.8 Å². The molecule has 0 saturated carbocycles. The number of nitrogens with zero attached hydrogens (tertiary/aromatic N) is 2. The molecule has 2 atom stereocenters. The van der Waals surface area contributed by atoms with Gasteiger partial charge in [-0.3, -0.25) is 0 Å². The predicted octanol–water partition coefficient (Wildman–Crippen LogP) is 2.75. The molecule has 1 aromatic heterocycles. The first-order valence-electron chi connectivity index (χ1n) is 7.34. The Balaban J connectivity index is 2.10. The molecule has 0 saturated heterocycles. The SMILES string of the molecule is C[Si](C)C1c2c(N)nc(N)nc2CCC1c1ccccc1. The summed E-state index contributed by atoms with van der Waals surface area (Å²) in [6.07, 6.45) is 2.03. The second-order valence-corrected chi connectivity index (χ2v) is 8.71. The zero-order valence-electron chi connectivity index (χ0n) is 12.5.